The second-order valence-corrected chi connectivity index (χ2v) is 5.45. The predicted octanol–water partition coefficient (Wildman–Crippen LogP) is 1.78. The van der Waals surface area contributed by atoms with Crippen molar-refractivity contribution in [3.05, 3.63) is 11.1 Å². The lowest BCUT2D eigenvalue weighted by atomic mass is 9.82. The van der Waals surface area contributed by atoms with Crippen molar-refractivity contribution >= 4 is 22.4 Å². The van der Waals surface area contributed by atoms with E-state index in [0.29, 0.717) is 5.13 Å². The largest absolute Gasteiger partial charge is 0.316 e. The molecule has 2 heterocycles. The highest BCUT2D eigenvalue weighted by Crippen LogP contribution is 2.27. The van der Waals surface area contributed by atoms with Gasteiger partial charge in [0.25, 0.3) is 0 Å². The first-order chi connectivity index (χ1) is 7.60. The fraction of sp³-hybridized carbons (Fsp3) is 0.636. The Hall–Kier alpha value is -0.940. The van der Waals surface area contributed by atoms with Crippen LogP contribution < -0.4 is 10.6 Å². The first-order valence-electron chi connectivity index (χ1n) is 5.54. The summed E-state index contributed by atoms with van der Waals surface area (Å²) in [5, 5.41) is 8.82. The Bertz CT molecular complexity index is 382. The number of nitrogens with zero attached hydrogens (tertiary/aromatic N) is 1. The Morgan fingerprint density at radius 2 is 2.50 bits per heavy atom. The van der Waals surface area contributed by atoms with Gasteiger partial charge >= 0.3 is 0 Å². The minimum atomic E-state index is -0.294. The number of piperidine rings is 1. The Kier molecular flexibility index (Phi) is 3.25. The number of aromatic nitrogens is 1. The summed E-state index contributed by atoms with van der Waals surface area (Å²) in [5.41, 5.74) is 0.657. The normalized spacial score (nSPS) is 25.4. The number of rotatable bonds is 2. The van der Waals surface area contributed by atoms with Crippen molar-refractivity contribution in [1.82, 2.24) is 10.3 Å². The summed E-state index contributed by atoms with van der Waals surface area (Å²) in [6, 6.07) is 0. The fourth-order valence-electron chi connectivity index (χ4n) is 1.91. The van der Waals surface area contributed by atoms with E-state index < -0.39 is 0 Å². The topological polar surface area (TPSA) is 54.0 Å². The molecule has 0 aliphatic carbocycles. The molecular weight excluding hydrogens is 222 g/mol. The first-order valence-corrected chi connectivity index (χ1v) is 6.42. The minimum absolute atomic E-state index is 0.0778. The third-order valence-electron chi connectivity index (χ3n) is 2.98. The highest BCUT2D eigenvalue weighted by Gasteiger charge is 2.34. The Morgan fingerprint density at radius 3 is 3.06 bits per heavy atom. The van der Waals surface area contributed by atoms with E-state index in [0.717, 1.165) is 31.6 Å². The minimum Gasteiger partial charge on any atom is -0.316 e. The number of thiazole rings is 1. The van der Waals surface area contributed by atoms with E-state index in [1.807, 2.05) is 19.2 Å². The van der Waals surface area contributed by atoms with Gasteiger partial charge in [-0.1, -0.05) is 0 Å². The maximum atomic E-state index is 12.1. The lowest BCUT2D eigenvalue weighted by Gasteiger charge is -2.32. The number of hydrogen-bond donors (Lipinski definition) is 2. The van der Waals surface area contributed by atoms with Crippen LogP contribution in [0.15, 0.2) is 5.38 Å². The lowest BCUT2D eigenvalue weighted by molar-refractivity contribution is -0.125. The van der Waals surface area contributed by atoms with Crippen LogP contribution in [-0.4, -0.2) is 24.0 Å². The van der Waals surface area contributed by atoms with Crippen LogP contribution in [0.5, 0.6) is 0 Å². The van der Waals surface area contributed by atoms with Crippen molar-refractivity contribution in [1.29, 1.82) is 0 Å². The molecule has 16 heavy (non-hydrogen) atoms. The molecule has 4 nitrogen and oxygen atoms in total. The molecule has 0 radical (unpaired) electrons. The van der Waals surface area contributed by atoms with Crippen LogP contribution in [0.2, 0.25) is 0 Å². The van der Waals surface area contributed by atoms with Gasteiger partial charge in [0.05, 0.1) is 11.1 Å². The molecule has 5 heteroatoms. The Balaban J connectivity index is 2.01. The average Bonchev–Trinajstić information content (AvgIpc) is 2.65. The third-order valence-corrected chi connectivity index (χ3v) is 3.86. The van der Waals surface area contributed by atoms with Gasteiger partial charge in [0.1, 0.15) is 0 Å². The number of aryl methyl sites for hydroxylation is 1. The summed E-state index contributed by atoms with van der Waals surface area (Å²) in [4.78, 5) is 16.4. The van der Waals surface area contributed by atoms with Gasteiger partial charge in [-0.05, 0) is 33.2 Å². The molecule has 2 rings (SSSR count). The standard InChI is InChI=1S/C11H17N3OS/c1-8-6-16-10(13-8)14-9(15)11(2)4-3-5-12-7-11/h6,12H,3-5,7H2,1-2H3,(H,13,14,15). The number of anilines is 1. The molecule has 0 aromatic carbocycles. The van der Waals surface area contributed by atoms with Gasteiger partial charge in [0.15, 0.2) is 5.13 Å². The van der Waals surface area contributed by atoms with Crippen LogP contribution in [-0.2, 0) is 4.79 Å². The molecule has 0 saturated carbocycles. The quantitative estimate of drug-likeness (QED) is 0.827. The van der Waals surface area contributed by atoms with Crippen LogP contribution in [0.25, 0.3) is 0 Å². The van der Waals surface area contributed by atoms with Crippen LogP contribution >= 0.6 is 11.3 Å². The zero-order valence-electron chi connectivity index (χ0n) is 9.67. The molecule has 1 aliphatic heterocycles. The molecule has 1 amide bonds. The molecule has 2 N–H and O–H groups in total. The zero-order chi connectivity index (χ0) is 11.6. The van der Waals surface area contributed by atoms with E-state index in [1.165, 1.54) is 11.3 Å². The van der Waals surface area contributed by atoms with Gasteiger partial charge in [-0.3, -0.25) is 4.79 Å². The maximum absolute atomic E-state index is 12.1. The lowest BCUT2D eigenvalue weighted by Crippen LogP contribution is -2.46. The number of nitrogens with one attached hydrogen (secondary N) is 2. The van der Waals surface area contributed by atoms with E-state index >= 15 is 0 Å². The van der Waals surface area contributed by atoms with E-state index in [2.05, 4.69) is 15.6 Å². The number of carbonyl (C=O) groups is 1. The van der Waals surface area contributed by atoms with Gasteiger partial charge in [-0.25, -0.2) is 4.98 Å². The van der Waals surface area contributed by atoms with E-state index in [1.54, 1.807) is 0 Å². The van der Waals surface area contributed by atoms with E-state index in [4.69, 9.17) is 0 Å². The number of hydrogen-bond acceptors (Lipinski definition) is 4. The summed E-state index contributed by atoms with van der Waals surface area (Å²) in [5.74, 6) is 0.0778. The van der Waals surface area contributed by atoms with E-state index in [9.17, 15) is 4.79 Å². The average molecular weight is 239 g/mol. The number of amides is 1. The first kappa shape index (κ1) is 11.5. The molecule has 0 bridgehead atoms. The molecule has 1 atom stereocenters. The molecule has 1 aliphatic rings. The van der Waals surface area contributed by atoms with Crippen molar-refractivity contribution in [2.75, 3.05) is 18.4 Å². The van der Waals surface area contributed by atoms with Crippen LogP contribution in [0.4, 0.5) is 5.13 Å². The summed E-state index contributed by atoms with van der Waals surface area (Å²) in [6.45, 7) is 5.70. The molecular formula is C11H17N3OS. The molecule has 88 valence electrons. The SMILES string of the molecule is Cc1csc(NC(=O)C2(C)CCCNC2)n1. The van der Waals surface area contributed by atoms with Crippen LogP contribution in [0.1, 0.15) is 25.5 Å². The van der Waals surface area contributed by atoms with Crippen molar-refractivity contribution in [2.24, 2.45) is 5.41 Å². The predicted molar refractivity (Wildman–Crippen MR) is 65.7 cm³/mol. The molecule has 0 spiro atoms. The van der Waals surface area contributed by atoms with Crippen LogP contribution in [0, 0.1) is 12.3 Å². The van der Waals surface area contributed by atoms with Gasteiger partial charge in [-0.2, -0.15) is 0 Å². The third kappa shape index (κ3) is 2.41. The Morgan fingerprint density at radius 1 is 1.69 bits per heavy atom. The van der Waals surface area contributed by atoms with Gasteiger partial charge in [0.2, 0.25) is 5.91 Å². The fourth-order valence-corrected chi connectivity index (χ4v) is 2.59. The van der Waals surface area contributed by atoms with Gasteiger partial charge in [0, 0.05) is 11.9 Å². The molecule has 1 aromatic rings. The summed E-state index contributed by atoms with van der Waals surface area (Å²) in [6.07, 6.45) is 2.00. The summed E-state index contributed by atoms with van der Waals surface area (Å²) >= 11 is 1.48. The van der Waals surface area contributed by atoms with Crippen LogP contribution in [0.3, 0.4) is 0 Å². The van der Waals surface area contributed by atoms with Crippen molar-refractivity contribution in [3.63, 3.8) is 0 Å². The molecule has 1 unspecified atom stereocenters. The van der Waals surface area contributed by atoms with Gasteiger partial charge < -0.3 is 10.6 Å². The molecule has 1 saturated heterocycles. The summed E-state index contributed by atoms with van der Waals surface area (Å²) in [7, 11) is 0. The van der Waals surface area contributed by atoms with Gasteiger partial charge in [-0.15, -0.1) is 11.3 Å². The molecule has 1 aromatic heterocycles. The summed E-state index contributed by atoms with van der Waals surface area (Å²) < 4.78 is 0. The van der Waals surface area contributed by atoms with Crippen molar-refractivity contribution in [2.45, 2.75) is 26.7 Å². The Labute approximate surface area is 99.5 Å². The second-order valence-electron chi connectivity index (χ2n) is 4.59. The monoisotopic (exact) mass is 239 g/mol. The zero-order valence-corrected chi connectivity index (χ0v) is 10.5. The highest BCUT2D eigenvalue weighted by molar-refractivity contribution is 7.13. The maximum Gasteiger partial charge on any atom is 0.233 e. The molecule has 1 fully saturated rings. The van der Waals surface area contributed by atoms with E-state index in [-0.39, 0.29) is 11.3 Å². The smallest absolute Gasteiger partial charge is 0.233 e. The van der Waals surface area contributed by atoms with Crippen molar-refractivity contribution < 1.29 is 4.79 Å². The highest BCUT2D eigenvalue weighted by atomic mass is 32.1. The van der Waals surface area contributed by atoms with Crippen molar-refractivity contribution in [3.8, 4) is 0 Å². The second kappa shape index (κ2) is 4.51. The number of carbonyl (C=O) groups excluding carboxylic acids is 1.